The van der Waals surface area contributed by atoms with E-state index in [9.17, 15) is 9.59 Å². The fourth-order valence-electron chi connectivity index (χ4n) is 2.77. The summed E-state index contributed by atoms with van der Waals surface area (Å²) < 4.78 is 0. The van der Waals surface area contributed by atoms with Gasteiger partial charge in [-0.3, -0.25) is 9.59 Å². The molecule has 0 radical (unpaired) electrons. The molecule has 2 atom stereocenters. The Labute approximate surface area is 123 Å². The van der Waals surface area contributed by atoms with Crippen LogP contribution >= 0.6 is 0 Å². The lowest BCUT2D eigenvalue weighted by atomic mass is 9.85. The van der Waals surface area contributed by atoms with E-state index in [1.165, 1.54) is 19.3 Å². The number of carbonyl (C=O) groups excluding carboxylic acids is 2. The first kappa shape index (κ1) is 17.0. The Morgan fingerprint density at radius 3 is 2.40 bits per heavy atom. The molecule has 4 heteroatoms. The van der Waals surface area contributed by atoms with Crippen LogP contribution in [0.2, 0.25) is 0 Å². The minimum Gasteiger partial charge on any atom is -0.343 e. The fourth-order valence-corrected chi connectivity index (χ4v) is 2.77. The molecule has 1 aliphatic heterocycles. The van der Waals surface area contributed by atoms with Crippen molar-refractivity contribution < 1.29 is 9.59 Å². The third-order valence-electron chi connectivity index (χ3n) is 4.21. The van der Waals surface area contributed by atoms with E-state index in [1.807, 2.05) is 13.8 Å². The fraction of sp³-hybridized carbons (Fsp3) is 0.875. The summed E-state index contributed by atoms with van der Waals surface area (Å²) in [5.74, 6) is 0.0453. The molecule has 2 amide bonds. The molecule has 116 valence electrons. The van der Waals surface area contributed by atoms with Crippen molar-refractivity contribution in [3.8, 4) is 0 Å². The molecule has 0 spiro atoms. The Morgan fingerprint density at radius 2 is 1.85 bits per heavy atom. The summed E-state index contributed by atoms with van der Waals surface area (Å²) in [5.41, 5.74) is 0.0645. The van der Waals surface area contributed by atoms with Gasteiger partial charge in [0.2, 0.25) is 11.8 Å². The molecule has 0 aromatic carbocycles. The molecular weight excluding hydrogens is 252 g/mol. The number of carbonyl (C=O) groups is 2. The molecular formula is C16H30N2O2. The summed E-state index contributed by atoms with van der Waals surface area (Å²) >= 11 is 0. The highest BCUT2D eigenvalue weighted by atomic mass is 16.2. The second kappa shape index (κ2) is 7.09. The van der Waals surface area contributed by atoms with Crippen molar-refractivity contribution in [3.05, 3.63) is 0 Å². The summed E-state index contributed by atoms with van der Waals surface area (Å²) in [4.78, 5) is 26.2. The Hall–Kier alpha value is -1.06. The van der Waals surface area contributed by atoms with E-state index in [0.717, 1.165) is 6.42 Å². The highest BCUT2D eigenvalue weighted by molar-refractivity contribution is 5.96. The van der Waals surface area contributed by atoms with Gasteiger partial charge in [-0.1, -0.05) is 47.0 Å². The van der Waals surface area contributed by atoms with Crippen LogP contribution in [0.4, 0.5) is 0 Å². The van der Waals surface area contributed by atoms with Gasteiger partial charge in [-0.15, -0.1) is 0 Å². The number of unbranched alkanes of at least 4 members (excludes halogenated alkanes) is 2. The van der Waals surface area contributed by atoms with E-state index in [1.54, 1.807) is 4.90 Å². The van der Waals surface area contributed by atoms with E-state index in [2.05, 4.69) is 26.1 Å². The quantitative estimate of drug-likeness (QED) is 0.730. The van der Waals surface area contributed by atoms with Gasteiger partial charge in [-0.25, -0.2) is 0 Å². The zero-order valence-corrected chi connectivity index (χ0v) is 13.7. The third kappa shape index (κ3) is 4.22. The maximum Gasteiger partial charge on any atom is 0.245 e. The van der Waals surface area contributed by atoms with Crippen LogP contribution in [0.5, 0.6) is 0 Å². The molecule has 0 aromatic heterocycles. The van der Waals surface area contributed by atoms with Crippen molar-refractivity contribution in [1.29, 1.82) is 0 Å². The number of hydrogen-bond acceptors (Lipinski definition) is 2. The van der Waals surface area contributed by atoms with Gasteiger partial charge in [0.05, 0.1) is 0 Å². The van der Waals surface area contributed by atoms with E-state index in [0.29, 0.717) is 13.0 Å². The van der Waals surface area contributed by atoms with Crippen LogP contribution in [0.15, 0.2) is 0 Å². The van der Waals surface area contributed by atoms with Crippen molar-refractivity contribution in [2.45, 2.75) is 78.8 Å². The number of rotatable bonds is 7. The second-order valence-corrected chi connectivity index (χ2v) is 6.73. The van der Waals surface area contributed by atoms with Crippen LogP contribution in [0.1, 0.15) is 66.7 Å². The van der Waals surface area contributed by atoms with Crippen LogP contribution in [0, 0.1) is 5.41 Å². The van der Waals surface area contributed by atoms with Gasteiger partial charge in [-0.2, -0.15) is 0 Å². The van der Waals surface area contributed by atoms with Gasteiger partial charge in [0.1, 0.15) is 12.1 Å². The van der Waals surface area contributed by atoms with Crippen LogP contribution < -0.4 is 5.32 Å². The second-order valence-electron chi connectivity index (χ2n) is 6.73. The van der Waals surface area contributed by atoms with Gasteiger partial charge >= 0.3 is 0 Å². The van der Waals surface area contributed by atoms with Gasteiger partial charge in [0.25, 0.3) is 0 Å². The van der Waals surface area contributed by atoms with E-state index in [4.69, 9.17) is 0 Å². The molecule has 1 heterocycles. The summed E-state index contributed by atoms with van der Waals surface area (Å²) in [6.45, 7) is 11.0. The summed E-state index contributed by atoms with van der Waals surface area (Å²) in [5, 5.41) is 2.80. The predicted molar refractivity (Wildman–Crippen MR) is 81.3 cm³/mol. The standard InChI is InChI=1S/C16H30N2O2/c1-6-8-9-10-16(4,5)11-18-12(3)14(19)17-13(7-2)15(18)20/h12-13H,6-11H2,1-5H3,(H,17,19). The maximum atomic E-state index is 12.4. The summed E-state index contributed by atoms with van der Waals surface area (Å²) in [6.07, 6.45) is 5.36. The smallest absolute Gasteiger partial charge is 0.245 e. The topological polar surface area (TPSA) is 49.4 Å². The number of nitrogens with one attached hydrogen (secondary N) is 1. The van der Waals surface area contributed by atoms with Crippen molar-refractivity contribution in [2.75, 3.05) is 6.54 Å². The Bertz CT molecular complexity index is 352. The van der Waals surface area contributed by atoms with Gasteiger partial charge in [0, 0.05) is 6.54 Å². The van der Waals surface area contributed by atoms with Crippen LogP contribution in [0.25, 0.3) is 0 Å². The summed E-state index contributed by atoms with van der Waals surface area (Å²) in [6, 6.07) is -0.694. The molecule has 1 N–H and O–H groups in total. The first-order chi connectivity index (χ1) is 9.32. The number of amides is 2. The highest BCUT2D eigenvalue weighted by Gasteiger charge is 2.39. The van der Waals surface area contributed by atoms with E-state index in [-0.39, 0.29) is 29.3 Å². The molecule has 2 unspecified atom stereocenters. The van der Waals surface area contributed by atoms with Crippen molar-refractivity contribution in [1.82, 2.24) is 10.2 Å². The summed E-state index contributed by atoms with van der Waals surface area (Å²) in [7, 11) is 0. The van der Waals surface area contributed by atoms with E-state index >= 15 is 0 Å². The highest BCUT2D eigenvalue weighted by Crippen LogP contribution is 2.27. The Balaban J connectivity index is 2.71. The lowest BCUT2D eigenvalue weighted by Crippen LogP contribution is -2.63. The molecule has 20 heavy (non-hydrogen) atoms. The zero-order valence-electron chi connectivity index (χ0n) is 13.7. The largest absolute Gasteiger partial charge is 0.343 e. The average molecular weight is 282 g/mol. The average Bonchev–Trinajstić information content (AvgIpc) is 2.39. The first-order valence-corrected chi connectivity index (χ1v) is 7.93. The molecule has 1 fully saturated rings. The molecule has 1 saturated heterocycles. The van der Waals surface area contributed by atoms with Crippen molar-refractivity contribution in [3.63, 3.8) is 0 Å². The minimum atomic E-state index is -0.351. The normalized spacial score (nSPS) is 23.9. The van der Waals surface area contributed by atoms with Gasteiger partial charge < -0.3 is 10.2 Å². The van der Waals surface area contributed by atoms with Gasteiger partial charge in [-0.05, 0) is 25.2 Å². The molecule has 0 aromatic rings. The monoisotopic (exact) mass is 282 g/mol. The van der Waals surface area contributed by atoms with Gasteiger partial charge in [0.15, 0.2) is 0 Å². The SMILES string of the molecule is CCCCCC(C)(C)CN1C(=O)C(CC)NC(=O)C1C. The lowest BCUT2D eigenvalue weighted by molar-refractivity contribution is -0.150. The maximum absolute atomic E-state index is 12.4. The molecule has 0 aliphatic carbocycles. The van der Waals surface area contributed by atoms with E-state index < -0.39 is 0 Å². The zero-order chi connectivity index (χ0) is 15.3. The number of hydrogen-bond donors (Lipinski definition) is 1. The Kier molecular flexibility index (Phi) is 6.03. The molecule has 4 nitrogen and oxygen atoms in total. The van der Waals surface area contributed by atoms with Crippen LogP contribution in [-0.2, 0) is 9.59 Å². The van der Waals surface area contributed by atoms with Crippen LogP contribution in [-0.4, -0.2) is 35.3 Å². The molecule has 0 saturated carbocycles. The van der Waals surface area contributed by atoms with Crippen LogP contribution in [0.3, 0.4) is 0 Å². The molecule has 1 aliphatic rings. The first-order valence-electron chi connectivity index (χ1n) is 7.93. The minimum absolute atomic E-state index is 0.0270. The predicted octanol–water partition coefficient (Wildman–Crippen LogP) is 2.72. The van der Waals surface area contributed by atoms with Crippen molar-refractivity contribution in [2.24, 2.45) is 5.41 Å². The molecule has 1 rings (SSSR count). The lowest BCUT2D eigenvalue weighted by Gasteiger charge is -2.41. The molecule has 0 bridgehead atoms. The third-order valence-corrected chi connectivity index (χ3v) is 4.21. The van der Waals surface area contributed by atoms with Crippen molar-refractivity contribution >= 4 is 11.8 Å². The number of piperazine rings is 1. The number of nitrogens with zero attached hydrogens (tertiary/aromatic N) is 1. The Morgan fingerprint density at radius 1 is 1.20 bits per heavy atom.